The van der Waals surface area contributed by atoms with E-state index in [4.69, 9.17) is 0 Å². The predicted molar refractivity (Wildman–Crippen MR) is 109 cm³/mol. The largest absolute Gasteiger partial charge is 0.356 e. The van der Waals surface area contributed by atoms with Gasteiger partial charge in [0.2, 0.25) is 0 Å². The highest BCUT2D eigenvalue weighted by Crippen LogP contribution is 2.48. The van der Waals surface area contributed by atoms with E-state index in [-0.39, 0.29) is 29.5 Å². The van der Waals surface area contributed by atoms with Crippen molar-refractivity contribution < 1.29 is 0 Å². The van der Waals surface area contributed by atoms with Gasteiger partial charge >= 0.3 is 0 Å². The van der Waals surface area contributed by atoms with Gasteiger partial charge in [0.25, 0.3) is 0 Å². The lowest BCUT2D eigenvalue weighted by Gasteiger charge is -2.62. The molecule has 3 nitrogen and oxygen atoms in total. The maximum absolute atomic E-state index is 4.50. The molecule has 23 heavy (non-hydrogen) atoms. The van der Waals surface area contributed by atoms with Crippen LogP contribution in [0.25, 0.3) is 0 Å². The van der Waals surface area contributed by atoms with Crippen LogP contribution in [0, 0.1) is 11.3 Å². The van der Waals surface area contributed by atoms with E-state index in [1.165, 1.54) is 12.0 Å². The number of aliphatic imine (C=N–C) groups is 1. The first-order valence-corrected chi connectivity index (χ1v) is 8.40. The monoisotopic (exact) mass is 427 g/mol. The van der Waals surface area contributed by atoms with Gasteiger partial charge in [0, 0.05) is 31.1 Å². The highest BCUT2D eigenvalue weighted by molar-refractivity contribution is 14.0. The molecule has 2 unspecified atom stereocenters. The molecule has 1 saturated carbocycles. The number of likely N-dealkylation sites (tertiary alicyclic amines) is 1. The van der Waals surface area contributed by atoms with Gasteiger partial charge in [-0.1, -0.05) is 44.2 Å². The van der Waals surface area contributed by atoms with Crippen molar-refractivity contribution in [2.24, 2.45) is 16.3 Å². The Morgan fingerprint density at radius 3 is 2.39 bits per heavy atom. The number of guanidine groups is 1. The maximum atomic E-state index is 4.50. The highest BCUT2D eigenvalue weighted by Gasteiger charge is 2.53. The highest BCUT2D eigenvalue weighted by atomic mass is 127. The molecule has 2 fully saturated rings. The Kier molecular flexibility index (Phi) is 5.34. The molecular weight excluding hydrogens is 397 g/mol. The second-order valence-electron chi connectivity index (χ2n) is 7.97. The molecule has 0 amide bonds. The van der Waals surface area contributed by atoms with E-state index >= 15 is 0 Å². The van der Waals surface area contributed by atoms with Gasteiger partial charge in [0.1, 0.15) is 0 Å². The molecule has 1 aliphatic carbocycles. The molecule has 2 atom stereocenters. The summed E-state index contributed by atoms with van der Waals surface area (Å²) in [6.45, 7) is 11.4. The molecule has 1 saturated heterocycles. The Labute approximate surface area is 158 Å². The molecular formula is C19H30IN3. The van der Waals surface area contributed by atoms with E-state index in [2.05, 4.69) is 73.2 Å². The summed E-state index contributed by atoms with van der Waals surface area (Å²) in [5.41, 5.74) is 1.99. The number of hydrogen-bond acceptors (Lipinski definition) is 1. The summed E-state index contributed by atoms with van der Waals surface area (Å²) in [6, 6.07) is 10.9. The number of nitrogens with zero attached hydrogens (tertiary/aromatic N) is 2. The summed E-state index contributed by atoms with van der Waals surface area (Å²) in [6.07, 6.45) is 1.29. The molecule has 0 radical (unpaired) electrons. The van der Waals surface area contributed by atoms with Crippen LogP contribution in [-0.2, 0) is 0 Å². The van der Waals surface area contributed by atoms with Crippen molar-refractivity contribution in [1.82, 2.24) is 10.2 Å². The van der Waals surface area contributed by atoms with Gasteiger partial charge in [-0.05, 0) is 37.7 Å². The third-order valence-corrected chi connectivity index (χ3v) is 6.02. The van der Waals surface area contributed by atoms with Gasteiger partial charge in [-0.25, -0.2) is 0 Å². The summed E-state index contributed by atoms with van der Waals surface area (Å²) >= 11 is 0. The second kappa shape index (κ2) is 6.61. The minimum Gasteiger partial charge on any atom is -0.356 e. The quantitative estimate of drug-likeness (QED) is 0.447. The number of rotatable bonds is 3. The predicted octanol–water partition coefficient (Wildman–Crippen LogP) is 4.10. The maximum Gasteiger partial charge on any atom is 0.194 e. The minimum atomic E-state index is 0. The van der Waals surface area contributed by atoms with Crippen LogP contribution in [0.5, 0.6) is 0 Å². The number of hydrogen-bond donors (Lipinski definition) is 1. The fourth-order valence-electron chi connectivity index (χ4n) is 3.50. The minimum absolute atomic E-state index is 0. The Bertz CT molecular complexity index is 565. The topological polar surface area (TPSA) is 27.6 Å². The molecule has 0 spiro atoms. The average Bonchev–Trinajstić information content (AvgIpc) is 3.27. The van der Waals surface area contributed by atoms with Crippen LogP contribution in [0.1, 0.15) is 45.6 Å². The normalized spacial score (nSPS) is 27.7. The smallest absolute Gasteiger partial charge is 0.194 e. The third kappa shape index (κ3) is 3.37. The Balaban J connectivity index is 0.00000192. The summed E-state index contributed by atoms with van der Waals surface area (Å²) in [5.74, 6) is 2.53. The first-order chi connectivity index (χ1) is 10.4. The van der Waals surface area contributed by atoms with Crippen LogP contribution in [0.4, 0.5) is 0 Å². The van der Waals surface area contributed by atoms with E-state index in [1.807, 2.05) is 7.05 Å². The van der Waals surface area contributed by atoms with Crippen molar-refractivity contribution in [1.29, 1.82) is 0 Å². The third-order valence-electron chi connectivity index (χ3n) is 6.02. The molecule has 1 aromatic rings. The molecule has 4 heteroatoms. The zero-order valence-electron chi connectivity index (χ0n) is 15.0. The lowest BCUT2D eigenvalue weighted by molar-refractivity contribution is -0.0667. The van der Waals surface area contributed by atoms with Crippen LogP contribution in [0.15, 0.2) is 35.3 Å². The Hall–Kier alpha value is -0.780. The van der Waals surface area contributed by atoms with Gasteiger partial charge < -0.3 is 10.2 Å². The molecule has 1 heterocycles. The fourth-order valence-corrected chi connectivity index (χ4v) is 3.50. The first-order valence-electron chi connectivity index (χ1n) is 8.40. The standard InChI is InChI=1S/C19H29N3.HI/c1-18(2)13-22(19(18,3)4)17(20-5)21-12-15-11-16(15)14-9-7-6-8-10-14;/h6-10,15-16H,11-13H2,1-5H3,(H,20,21);1H. The summed E-state index contributed by atoms with van der Waals surface area (Å²) in [5, 5.41) is 3.60. The van der Waals surface area contributed by atoms with Crippen molar-refractivity contribution >= 4 is 29.9 Å². The van der Waals surface area contributed by atoms with Gasteiger partial charge in [-0.2, -0.15) is 0 Å². The van der Waals surface area contributed by atoms with Crippen molar-refractivity contribution in [3.63, 3.8) is 0 Å². The second-order valence-corrected chi connectivity index (χ2v) is 7.97. The molecule has 128 valence electrons. The number of benzene rings is 1. The van der Waals surface area contributed by atoms with Crippen LogP contribution in [-0.4, -0.2) is 36.5 Å². The molecule has 2 aliphatic rings. The SMILES string of the molecule is CN=C(NCC1CC1c1ccccc1)N1CC(C)(C)C1(C)C.I. The lowest BCUT2D eigenvalue weighted by atomic mass is 9.65. The van der Waals surface area contributed by atoms with Gasteiger partial charge in [0.05, 0.1) is 0 Å². The Morgan fingerprint density at radius 2 is 1.87 bits per heavy atom. The lowest BCUT2D eigenvalue weighted by Crippen LogP contribution is -2.72. The van der Waals surface area contributed by atoms with Crippen LogP contribution in [0.2, 0.25) is 0 Å². The zero-order chi connectivity index (χ0) is 16.0. The van der Waals surface area contributed by atoms with Crippen molar-refractivity contribution in [3.05, 3.63) is 35.9 Å². The summed E-state index contributed by atoms with van der Waals surface area (Å²) in [7, 11) is 1.89. The van der Waals surface area contributed by atoms with E-state index < -0.39 is 0 Å². The van der Waals surface area contributed by atoms with Gasteiger partial charge in [-0.3, -0.25) is 4.99 Å². The fraction of sp³-hybridized carbons (Fsp3) is 0.632. The van der Waals surface area contributed by atoms with E-state index in [9.17, 15) is 0 Å². The van der Waals surface area contributed by atoms with Crippen molar-refractivity contribution in [2.75, 3.05) is 20.1 Å². The van der Waals surface area contributed by atoms with Crippen LogP contribution < -0.4 is 5.32 Å². The zero-order valence-corrected chi connectivity index (χ0v) is 17.3. The summed E-state index contributed by atoms with van der Waals surface area (Å²) < 4.78 is 0. The average molecular weight is 427 g/mol. The molecule has 1 aliphatic heterocycles. The Morgan fingerprint density at radius 1 is 1.22 bits per heavy atom. The van der Waals surface area contributed by atoms with E-state index in [0.717, 1.165) is 30.9 Å². The number of halogens is 1. The summed E-state index contributed by atoms with van der Waals surface area (Å²) in [4.78, 5) is 6.91. The van der Waals surface area contributed by atoms with Gasteiger partial charge in [-0.15, -0.1) is 24.0 Å². The number of nitrogens with one attached hydrogen (secondary N) is 1. The van der Waals surface area contributed by atoms with E-state index in [1.54, 1.807) is 0 Å². The van der Waals surface area contributed by atoms with E-state index in [0.29, 0.717) is 5.41 Å². The first kappa shape index (κ1) is 18.6. The van der Waals surface area contributed by atoms with Gasteiger partial charge in [0.15, 0.2) is 5.96 Å². The molecule has 1 N–H and O–H groups in total. The molecule has 1 aromatic carbocycles. The van der Waals surface area contributed by atoms with Crippen molar-refractivity contribution in [3.8, 4) is 0 Å². The van der Waals surface area contributed by atoms with Crippen LogP contribution >= 0.6 is 24.0 Å². The molecule has 3 rings (SSSR count). The molecule has 0 bridgehead atoms. The van der Waals surface area contributed by atoms with Crippen molar-refractivity contribution in [2.45, 2.75) is 45.6 Å². The molecule has 0 aromatic heterocycles. The van der Waals surface area contributed by atoms with Crippen LogP contribution in [0.3, 0.4) is 0 Å².